The Hall–Kier alpha value is -0.380. The Kier molecular flexibility index (Phi) is 4.46. The van der Waals surface area contributed by atoms with E-state index in [0.29, 0.717) is 5.02 Å². The highest BCUT2D eigenvalue weighted by Crippen LogP contribution is 2.36. The van der Waals surface area contributed by atoms with E-state index in [1.54, 1.807) is 6.07 Å². The molecule has 18 heavy (non-hydrogen) atoms. The van der Waals surface area contributed by atoms with Gasteiger partial charge >= 0.3 is 0 Å². The van der Waals surface area contributed by atoms with Gasteiger partial charge in [0.25, 0.3) is 0 Å². The Morgan fingerprint density at radius 1 is 1.56 bits per heavy atom. The number of Topliss-reactive ketones (excluding diaryl/α,β-unsaturated/α-hetero) is 1. The average Bonchev–Trinajstić information content (AvgIpc) is 2.82. The Labute approximate surface area is 121 Å². The highest BCUT2D eigenvalue weighted by Gasteiger charge is 2.40. The maximum Gasteiger partial charge on any atom is 0.170 e. The van der Waals surface area contributed by atoms with Gasteiger partial charge in [-0.1, -0.05) is 24.9 Å². The Bertz CT molecular complexity index is 455. The zero-order valence-corrected chi connectivity index (χ0v) is 12.8. The summed E-state index contributed by atoms with van der Waals surface area (Å²) in [6.45, 7) is 3.85. The Morgan fingerprint density at radius 2 is 2.33 bits per heavy atom. The molecule has 1 aliphatic heterocycles. The number of hydrogen-bond donors (Lipinski definition) is 1. The summed E-state index contributed by atoms with van der Waals surface area (Å²) in [7, 11) is 0. The van der Waals surface area contributed by atoms with E-state index in [9.17, 15) is 4.79 Å². The van der Waals surface area contributed by atoms with Crippen LogP contribution in [0.2, 0.25) is 5.02 Å². The van der Waals surface area contributed by atoms with Crippen molar-refractivity contribution in [2.24, 2.45) is 5.41 Å². The monoisotopic (exact) mass is 329 g/mol. The van der Waals surface area contributed by atoms with Crippen molar-refractivity contribution in [3.63, 3.8) is 0 Å². The molecular weight excluding hydrogens is 314 g/mol. The van der Waals surface area contributed by atoms with Crippen molar-refractivity contribution in [1.29, 1.82) is 0 Å². The summed E-state index contributed by atoms with van der Waals surface area (Å²) in [6, 6.07) is 5.44. The lowest BCUT2D eigenvalue weighted by Gasteiger charge is -2.26. The molecule has 1 saturated heterocycles. The van der Waals surface area contributed by atoms with Gasteiger partial charge in [0.2, 0.25) is 0 Å². The van der Waals surface area contributed by atoms with Crippen LogP contribution in [-0.4, -0.2) is 18.9 Å². The van der Waals surface area contributed by atoms with Crippen LogP contribution in [0.15, 0.2) is 22.7 Å². The number of halogens is 2. The smallest absolute Gasteiger partial charge is 0.170 e. The molecule has 1 aliphatic rings. The van der Waals surface area contributed by atoms with Crippen molar-refractivity contribution in [2.45, 2.75) is 26.2 Å². The molecule has 1 unspecified atom stereocenters. The van der Waals surface area contributed by atoms with Gasteiger partial charge < -0.3 is 5.32 Å². The molecule has 1 heterocycles. The van der Waals surface area contributed by atoms with Gasteiger partial charge in [0.05, 0.1) is 5.02 Å². The topological polar surface area (TPSA) is 29.1 Å². The van der Waals surface area contributed by atoms with Crippen molar-refractivity contribution in [3.05, 3.63) is 33.3 Å². The normalized spacial score (nSPS) is 23.3. The second-order valence-corrected chi connectivity index (χ2v) is 6.18. The van der Waals surface area contributed by atoms with Gasteiger partial charge in [0.15, 0.2) is 5.78 Å². The van der Waals surface area contributed by atoms with Crippen LogP contribution in [0, 0.1) is 5.41 Å². The van der Waals surface area contributed by atoms with Gasteiger partial charge in [-0.25, -0.2) is 0 Å². The summed E-state index contributed by atoms with van der Waals surface area (Å²) in [5.41, 5.74) is 0.533. The molecule has 2 nitrogen and oxygen atoms in total. The van der Waals surface area contributed by atoms with Crippen LogP contribution < -0.4 is 5.32 Å². The lowest BCUT2D eigenvalue weighted by atomic mass is 9.76. The molecule has 1 aromatic rings. The fraction of sp³-hybridized carbons (Fsp3) is 0.500. The molecule has 0 radical (unpaired) electrons. The van der Waals surface area contributed by atoms with E-state index >= 15 is 0 Å². The predicted octanol–water partition coefficient (Wildman–Crippen LogP) is 4.07. The first-order valence-corrected chi connectivity index (χ1v) is 7.47. The third-order valence-corrected chi connectivity index (χ3v) is 4.85. The number of benzene rings is 1. The molecule has 0 spiro atoms. The summed E-state index contributed by atoms with van der Waals surface area (Å²) in [6.07, 6.45) is 2.90. The number of nitrogens with one attached hydrogen (secondary N) is 1. The molecule has 1 N–H and O–H groups in total. The fourth-order valence-corrected chi connectivity index (χ4v) is 3.18. The zero-order valence-electron chi connectivity index (χ0n) is 10.4. The highest BCUT2D eigenvalue weighted by molar-refractivity contribution is 9.10. The minimum absolute atomic E-state index is 0.220. The van der Waals surface area contributed by atoms with Crippen LogP contribution >= 0.6 is 27.5 Å². The van der Waals surface area contributed by atoms with Crippen molar-refractivity contribution >= 4 is 33.3 Å². The number of carbonyl (C=O) groups is 1. The molecule has 0 bridgehead atoms. The molecule has 0 saturated carbocycles. The quantitative estimate of drug-likeness (QED) is 0.843. The third-order valence-electron chi connectivity index (χ3n) is 3.64. The fourth-order valence-electron chi connectivity index (χ4n) is 2.69. The molecule has 1 fully saturated rings. The molecule has 0 aromatic heterocycles. The summed E-state index contributed by atoms with van der Waals surface area (Å²) in [5.74, 6) is 0.242. The first-order chi connectivity index (χ1) is 8.59. The van der Waals surface area contributed by atoms with Gasteiger partial charge in [-0.05, 0) is 53.5 Å². The van der Waals surface area contributed by atoms with E-state index in [-0.39, 0.29) is 11.2 Å². The maximum atomic E-state index is 12.7. The molecule has 0 aliphatic carbocycles. The molecule has 98 valence electrons. The molecule has 4 heteroatoms. The van der Waals surface area contributed by atoms with Gasteiger partial charge in [-0.2, -0.15) is 0 Å². The Balaban J connectivity index is 2.30. The third kappa shape index (κ3) is 2.63. The molecule has 1 atom stereocenters. The predicted molar refractivity (Wildman–Crippen MR) is 78.3 cm³/mol. The van der Waals surface area contributed by atoms with Crippen LogP contribution in [0.25, 0.3) is 0 Å². The lowest BCUT2D eigenvalue weighted by Crippen LogP contribution is -2.33. The van der Waals surface area contributed by atoms with Gasteiger partial charge in [-0.3, -0.25) is 4.79 Å². The number of rotatable bonds is 4. The van der Waals surface area contributed by atoms with Crippen molar-refractivity contribution in [3.8, 4) is 0 Å². The van der Waals surface area contributed by atoms with E-state index in [1.807, 2.05) is 12.1 Å². The summed E-state index contributed by atoms with van der Waals surface area (Å²) < 4.78 is 0.785. The minimum Gasteiger partial charge on any atom is -0.316 e. The molecule has 0 amide bonds. The SMILES string of the molecule is CCCC1(C(=O)c2ccc(Cl)c(Br)c2)CCNC1. The van der Waals surface area contributed by atoms with Crippen molar-refractivity contribution in [1.82, 2.24) is 5.32 Å². The number of ketones is 1. The maximum absolute atomic E-state index is 12.7. The second kappa shape index (κ2) is 5.72. The summed E-state index contributed by atoms with van der Waals surface area (Å²) in [5, 5.41) is 3.96. The highest BCUT2D eigenvalue weighted by atomic mass is 79.9. The standard InChI is InChI=1S/C14H17BrClNO/c1-2-5-14(6-7-17-9-14)13(18)10-3-4-12(16)11(15)8-10/h3-4,8,17H,2,5-7,9H2,1H3. The van der Waals surface area contributed by atoms with Crippen molar-refractivity contribution in [2.75, 3.05) is 13.1 Å². The average molecular weight is 331 g/mol. The minimum atomic E-state index is -0.220. The molecule has 2 rings (SSSR count). The van der Waals surface area contributed by atoms with E-state index in [1.165, 1.54) is 0 Å². The van der Waals surface area contributed by atoms with Crippen LogP contribution in [-0.2, 0) is 0 Å². The van der Waals surface area contributed by atoms with Crippen LogP contribution in [0.3, 0.4) is 0 Å². The molecular formula is C14H17BrClNO. The number of hydrogen-bond acceptors (Lipinski definition) is 2. The van der Waals surface area contributed by atoms with Gasteiger partial charge in [0.1, 0.15) is 0 Å². The summed E-state index contributed by atoms with van der Waals surface area (Å²) >= 11 is 9.35. The first-order valence-electron chi connectivity index (χ1n) is 6.29. The van der Waals surface area contributed by atoms with E-state index in [4.69, 9.17) is 11.6 Å². The molecule has 1 aromatic carbocycles. The lowest BCUT2D eigenvalue weighted by molar-refractivity contribution is 0.0801. The first kappa shape index (κ1) is 14.0. The van der Waals surface area contributed by atoms with Gasteiger partial charge in [-0.15, -0.1) is 0 Å². The van der Waals surface area contributed by atoms with Gasteiger partial charge in [0, 0.05) is 22.0 Å². The Morgan fingerprint density at radius 3 is 2.89 bits per heavy atom. The summed E-state index contributed by atoms with van der Waals surface area (Å²) in [4.78, 5) is 12.7. The van der Waals surface area contributed by atoms with E-state index in [0.717, 1.165) is 42.4 Å². The zero-order chi connectivity index (χ0) is 13.2. The number of carbonyl (C=O) groups excluding carboxylic acids is 1. The van der Waals surface area contributed by atoms with Crippen LogP contribution in [0.1, 0.15) is 36.5 Å². The van der Waals surface area contributed by atoms with Crippen LogP contribution in [0.5, 0.6) is 0 Å². The van der Waals surface area contributed by atoms with E-state index < -0.39 is 0 Å². The van der Waals surface area contributed by atoms with E-state index in [2.05, 4.69) is 28.2 Å². The largest absolute Gasteiger partial charge is 0.316 e. The van der Waals surface area contributed by atoms with Crippen LogP contribution in [0.4, 0.5) is 0 Å². The van der Waals surface area contributed by atoms with Crippen molar-refractivity contribution < 1.29 is 4.79 Å². The second-order valence-electron chi connectivity index (χ2n) is 4.92.